The fourth-order valence-corrected chi connectivity index (χ4v) is 2.83. The number of nitro groups is 1. The third kappa shape index (κ3) is 3.12. The van der Waals surface area contributed by atoms with Crippen molar-refractivity contribution in [2.75, 3.05) is 0 Å². The number of nitrogens with zero attached hydrogens (tertiary/aromatic N) is 1. The maximum Gasteiger partial charge on any atom is 0.433 e. The molecule has 0 N–H and O–H groups in total. The Kier molecular flexibility index (Phi) is 3.59. The van der Waals surface area contributed by atoms with E-state index in [2.05, 4.69) is 0 Å². The van der Waals surface area contributed by atoms with Crippen LogP contribution in [0.3, 0.4) is 0 Å². The van der Waals surface area contributed by atoms with Crippen LogP contribution in [0.25, 0.3) is 0 Å². The Balaban J connectivity index is 2.25. The molecule has 0 unspecified atom stereocenters. The normalized spacial score (nSPS) is 11.4. The molecular weight excluding hydrogens is 294 g/mol. The average molecular weight is 302 g/mol. The topological polar surface area (TPSA) is 90.4 Å². The summed E-state index contributed by atoms with van der Waals surface area (Å²) in [4.78, 5) is 9.79. The van der Waals surface area contributed by atoms with Crippen molar-refractivity contribution < 1.29 is 17.8 Å². The van der Waals surface area contributed by atoms with Gasteiger partial charge in [0.05, 0.1) is 11.0 Å². The van der Waals surface area contributed by atoms with Crippen LogP contribution in [0.2, 0.25) is 5.02 Å². The number of hydrogen-bond acceptors (Lipinski definition) is 5. The van der Waals surface area contributed by atoms with Gasteiger partial charge < -0.3 is 4.42 Å². The van der Waals surface area contributed by atoms with E-state index in [-0.39, 0.29) is 10.7 Å². The van der Waals surface area contributed by atoms with Crippen molar-refractivity contribution in [3.8, 4) is 0 Å². The van der Waals surface area contributed by atoms with E-state index >= 15 is 0 Å². The van der Waals surface area contributed by atoms with E-state index in [0.29, 0.717) is 5.02 Å². The molecule has 0 saturated heterocycles. The minimum atomic E-state index is -3.62. The smallest absolute Gasteiger partial charge is 0.405 e. The lowest BCUT2D eigenvalue weighted by Gasteiger charge is -2.02. The van der Waals surface area contributed by atoms with E-state index in [1.165, 1.54) is 30.3 Å². The fraction of sp³-hybridized carbons (Fsp3) is 0.0909. The van der Waals surface area contributed by atoms with E-state index in [4.69, 9.17) is 16.0 Å². The number of halogens is 1. The van der Waals surface area contributed by atoms with E-state index in [0.717, 1.165) is 6.07 Å². The Labute approximate surface area is 113 Å². The van der Waals surface area contributed by atoms with Crippen molar-refractivity contribution in [3.63, 3.8) is 0 Å². The van der Waals surface area contributed by atoms with Crippen LogP contribution in [0, 0.1) is 10.1 Å². The fourth-order valence-electron chi connectivity index (χ4n) is 1.45. The Bertz CT molecular complexity index is 705. The summed E-state index contributed by atoms with van der Waals surface area (Å²) in [5, 5.41) is 10.9. The summed E-state index contributed by atoms with van der Waals surface area (Å²) in [5.74, 6) is -0.911. The Morgan fingerprint density at radius 3 is 2.32 bits per heavy atom. The third-order valence-electron chi connectivity index (χ3n) is 2.33. The molecule has 1 aromatic carbocycles. The van der Waals surface area contributed by atoms with Crippen LogP contribution in [-0.4, -0.2) is 13.3 Å². The minimum Gasteiger partial charge on any atom is -0.405 e. The third-order valence-corrected chi connectivity index (χ3v) is 4.24. The average Bonchev–Trinajstić information content (AvgIpc) is 2.77. The Morgan fingerprint density at radius 2 is 1.79 bits per heavy atom. The van der Waals surface area contributed by atoms with Crippen LogP contribution in [-0.2, 0) is 15.6 Å². The van der Waals surface area contributed by atoms with Gasteiger partial charge in [-0.1, -0.05) is 11.6 Å². The molecule has 2 rings (SSSR count). The van der Waals surface area contributed by atoms with Crippen LogP contribution < -0.4 is 0 Å². The molecule has 0 fully saturated rings. The maximum absolute atomic E-state index is 12.0. The van der Waals surface area contributed by atoms with Crippen molar-refractivity contribution in [2.24, 2.45) is 0 Å². The van der Waals surface area contributed by atoms with Gasteiger partial charge in [0, 0.05) is 5.02 Å². The number of rotatable bonds is 4. The SMILES string of the molecule is O=[N+]([O-])c1ccc(CS(=O)(=O)c2ccc(Cl)cc2)o1. The molecule has 0 aliphatic rings. The van der Waals surface area contributed by atoms with Crippen LogP contribution in [0.5, 0.6) is 0 Å². The summed E-state index contributed by atoms with van der Waals surface area (Å²) in [7, 11) is -3.62. The number of sulfone groups is 1. The molecule has 0 bridgehead atoms. The van der Waals surface area contributed by atoms with E-state index in [9.17, 15) is 18.5 Å². The highest BCUT2D eigenvalue weighted by Crippen LogP contribution is 2.22. The molecular formula is C11H8ClNO5S. The largest absolute Gasteiger partial charge is 0.433 e. The molecule has 100 valence electrons. The van der Waals surface area contributed by atoms with Gasteiger partial charge in [0.15, 0.2) is 9.84 Å². The quantitative estimate of drug-likeness (QED) is 0.639. The molecule has 0 spiro atoms. The van der Waals surface area contributed by atoms with Crippen molar-refractivity contribution in [3.05, 3.63) is 57.3 Å². The molecule has 2 aromatic rings. The lowest BCUT2D eigenvalue weighted by molar-refractivity contribution is -0.402. The molecule has 1 heterocycles. The van der Waals surface area contributed by atoms with Gasteiger partial charge in [0.25, 0.3) is 0 Å². The first-order valence-electron chi connectivity index (χ1n) is 5.10. The van der Waals surface area contributed by atoms with Gasteiger partial charge in [0.2, 0.25) is 0 Å². The van der Waals surface area contributed by atoms with Gasteiger partial charge in [-0.15, -0.1) is 0 Å². The monoisotopic (exact) mass is 301 g/mol. The number of furan rings is 1. The number of hydrogen-bond donors (Lipinski definition) is 0. The zero-order valence-corrected chi connectivity index (χ0v) is 11.0. The van der Waals surface area contributed by atoms with Gasteiger partial charge in [-0.25, -0.2) is 8.42 Å². The molecule has 8 heteroatoms. The molecule has 0 aliphatic carbocycles. The predicted octanol–water partition coefficient (Wildman–Crippen LogP) is 2.82. The lowest BCUT2D eigenvalue weighted by Crippen LogP contribution is -2.04. The van der Waals surface area contributed by atoms with Crippen molar-refractivity contribution in [1.29, 1.82) is 0 Å². The standard InChI is InChI=1S/C11H8ClNO5S/c12-8-1-4-10(5-2-8)19(16,17)7-9-3-6-11(18-9)13(14)15/h1-6H,7H2. The first-order valence-corrected chi connectivity index (χ1v) is 7.13. The highest BCUT2D eigenvalue weighted by molar-refractivity contribution is 7.90. The first kappa shape index (κ1) is 13.6. The Morgan fingerprint density at radius 1 is 1.16 bits per heavy atom. The van der Waals surface area contributed by atoms with Gasteiger partial charge in [-0.3, -0.25) is 10.1 Å². The molecule has 0 saturated carbocycles. The highest BCUT2D eigenvalue weighted by Gasteiger charge is 2.20. The molecule has 0 radical (unpaired) electrons. The van der Waals surface area contributed by atoms with Gasteiger partial charge in [0.1, 0.15) is 16.4 Å². The second kappa shape index (κ2) is 5.02. The minimum absolute atomic E-state index is 0.0154. The van der Waals surface area contributed by atoms with Crippen molar-refractivity contribution in [1.82, 2.24) is 0 Å². The van der Waals surface area contributed by atoms with Crippen LogP contribution in [0.1, 0.15) is 5.76 Å². The maximum atomic E-state index is 12.0. The zero-order chi connectivity index (χ0) is 14.0. The van der Waals surface area contributed by atoms with Crippen LogP contribution in [0.15, 0.2) is 45.7 Å². The molecule has 0 aliphatic heterocycles. The second-order valence-corrected chi connectivity index (χ2v) is 6.14. The zero-order valence-electron chi connectivity index (χ0n) is 9.45. The summed E-state index contributed by atoms with van der Waals surface area (Å²) in [6.45, 7) is 0. The van der Waals surface area contributed by atoms with E-state index in [1.54, 1.807) is 0 Å². The number of benzene rings is 1. The summed E-state index contributed by atoms with van der Waals surface area (Å²) in [5.41, 5.74) is 0. The summed E-state index contributed by atoms with van der Waals surface area (Å²) >= 11 is 5.67. The first-order chi connectivity index (χ1) is 8.88. The van der Waals surface area contributed by atoms with Gasteiger partial charge in [-0.05, 0) is 30.3 Å². The summed E-state index contributed by atoms with van der Waals surface area (Å²) < 4.78 is 28.9. The van der Waals surface area contributed by atoms with E-state index < -0.39 is 26.4 Å². The van der Waals surface area contributed by atoms with Crippen LogP contribution in [0.4, 0.5) is 5.88 Å². The molecule has 6 nitrogen and oxygen atoms in total. The summed E-state index contributed by atoms with van der Waals surface area (Å²) in [6.07, 6.45) is 0. The molecule has 0 amide bonds. The van der Waals surface area contributed by atoms with Crippen LogP contribution >= 0.6 is 11.6 Å². The lowest BCUT2D eigenvalue weighted by atomic mass is 10.4. The highest BCUT2D eigenvalue weighted by atomic mass is 35.5. The Hall–Kier alpha value is -1.86. The van der Waals surface area contributed by atoms with E-state index in [1.807, 2.05) is 0 Å². The van der Waals surface area contributed by atoms with Gasteiger partial charge in [-0.2, -0.15) is 0 Å². The predicted molar refractivity (Wildman–Crippen MR) is 67.7 cm³/mol. The summed E-state index contributed by atoms with van der Waals surface area (Å²) in [6, 6.07) is 8.04. The molecule has 0 atom stereocenters. The molecule has 19 heavy (non-hydrogen) atoms. The van der Waals surface area contributed by atoms with Crippen molar-refractivity contribution in [2.45, 2.75) is 10.6 Å². The molecule has 1 aromatic heterocycles. The van der Waals surface area contributed by atoms with Crippen molar-refractivity contribution >= 4 is 27.3 Å². The van der Waals surface area contributed by atoms with Gasteiger partial charge >= 0.3 is 5.88 Å². The second-order valence-electron chi connectivity index (χ2n) is 3.71.